The molecule has 0 bridgehead atoms. The van der Waals surface area contributed by atoms with Crippen molar-refractivity contribution < 1.29 is 0 Å². The largest absolute Gasteiger partial charge is 0.296 e. The Balaban J connectivity index is 2.86. The van der Waals surface area contributed by atoms with E-state index < -0.39 is 0 Å². The van der Waals surface area contributed by atoms with Gasteiger partial charge in [0.2, 0.25) is 0 Å². The lowest BCUT2D eigenvalue weighted by Gasteiger charge is -2.03. The molecule has 1 aromatic rings. The van der Waals surface area contributed by atoms with Gasteiger partial charge in [0, 0.05) is 6.54 Å². The Hall–Kier alpha value is -0.390. The summed E-state index contributed by atoms with van der Waals surface area (Å²) in [5.41, 5.74) is 4.06. The van der Waals surface area contributed by atoms with Crippen LogP contribution in [0.1, 0.15) is 16.7 Å². The Bertz CT molecular complexity index is 245. The van der Waals surface area contributed by atoms with Gasteiger partial charge in [-0.2, -0.15) is 0 Å². The summed E-state index contributed by atoms with van der Waals surface area (Å²) < 4.78 is 0. The number of rotatable bonds is 2. The van der Waals surface area contributed by atoms with E-state index in [1.54, 1.807) is 0 Å². The first-order valence-corrected chi connectivity index (χ1v) is 4.31. The number of benzene rings is 1. The first kappa shape index (κ1) is 8.70. The van der Waals surface area contributed by atoms with Gasteiger partial charge in [-0.3, -0.25) is 5.09 Å². The number of nitrogens with one attached hydrogen (secondary N) is 1. The molecule has 1 rings (SSSR count). The molecule has 1 N–H and O–H groups in total. The summed E-state index contributed by atoms with van der Waals surface area (Å²) >= 11 is 0. The van der Waals surface area contributed by atoms with E-state index in [1.807, 2.05) is 0 Å². The van der Waals surface area contributed by atoms with Gasteiger partial charge in [-0.25, -0.2) is 0 Å². The van der Waals surface area contributed by atoms with E-state index in [-0.39, 0.29) is 0 Å². The minimum atomic E-state index is 0.922. The molecule has 0 aromatic heterocycles. The van der Waals surface area contributed by atoms with Crippen LogP contribution in [0.4, 0.5) is 0 Å². The summed E-state index contributed by atoms with van der Waals surface area (Å²) in [4.78, 5) is 0. The summed E-state index contributed by atoms with van der Waals surface area (Å²) in [6, 6.07) is 6.53. The molecular formula is C9H14NP. The molecule has 0 radical (unpaired) electrons. The maximum atomic E-state index is 3.05. The quantitative estimate of drug-likeness (QED) is 0.666. The molecule has 1 nitrogen and oxygen atoms in total. The number of aryl methyl sites for hydroxylation is 2. The minimum absolute atomic E-state index is 0.922. The van der Waals surface area contributed by atoms with Crippen LogP contribution in [-0.2, 0) is 6.54 Å². The maximum Gasteiger partial charge on any atom is 0.0237 e. The molecule has 0 fully saturated rings. The van der Waals surface area contributed by atoms with Crippen molar-refractivity contribution in [3.63, 3.8) is 0 Å². The highest BCUT2D eigenvalue weighted by Gasteiger charge is 1.93. The van der Waals surface area contributed by atoms with Crippen LogP contribution in [0.15, 0.2) is 18.2 Å². The maximum absolute atomic E-state index is 3.05. The predicted molar refractivity (Wildman–Crippen MR) is 52.5 cm³/mol. The van der Waals surface area contributed by atoms with Gasteiger partial charge < -0.3 is 0 Å². The first-order valence-electron chi connectivity index (χ1n) is 3.73. The topological polar surface area (TPSA) is 12.0 Å². The lowest BCUT2D eigenvalue weighted by Crippen LogP contribution is -1.97. The molecule has 1 unspecified atom stereocenters. The summed E-state index contributed by atoms with van der Waals surface area (Å²) in [5.74, 6) is 0. The Labute approximate surface area is 70.5 Å². The van der Waals surface area contributed by atoms with E-state index in [4.69, 9.17) is 0 Å². The van der Waals surface area contributed by atoms with Gasteiger partial charge in [-0.05, 0) is 30.5 Å². The molecule has 0 saturated heterocycles. The standard InChI is InChI=1S/C9H14NP/c1-7-3-4-9(6-10-11)5-8(7)2/h3-5,10H,6,11H2,1-2H3. The summed E-state index contributed by atoms with van der Waals surface area (Å²) in [7, 11) is 2.51. The molecule has 0 amide bonds. The molecule has 11 heavy (non-hydrogen) atoms. The van der Waals surface area contributed by atoms with E-state index >= 15 is 0 Å². The summed E-state index contributed by atoms with van der Waals surface area (Å²) in [6.07, 6.45) is 0. The van der Waals surface area contributed by atoms with Crippen LogP contribution in [0.3, 0.4) is 0 Å². The average molecular weight is 167 g/mol. The van der Waals surface area contributed by atoms with Crippen molar-refractivity contribution in [2.75, 3.05) is 0 Å². The van der Waals surface area contributed by atoms with Gasteiger partial charge >= 0.3 is 0 Å². The van der Waals surface area contributed by atoms with Crippen LogP contribution in [0.2, 0.25) is 0 Å². The lowest BCUT2D eigenvalue weighted by atomic mass is 10.1. The van der Waals surface area contributed by atoms with Crippen molar-refractivity contribution >= 4 is 9.39 Å². The van der Waals surface area contributed by atoms with E-state index in [9.17, 15) is 0 Å². The van der Waals surface area contributed by atoms with Crippen molar-refractivity contribution in [3.8, 4) is 0 Å². The Morgan fingerprint density at radius 2 is 2.00 bits per heavy atom. The second-order valence-corrected chi connectivity index (χ2v) is 3.21. The van der Waals surface area contributed by atoms with Gasteiger partial charge in [0.05, 0.1) is 0 Å². The highest BCUT2D eigenvalue weighted by atomic mass is 31.0. The van der Waals surface area contributed by atoms with E-state index in [1.165, 1.54) is 16.7 Å². The van der Waals surface area contributed by atoms with Gasteiger partial charge in [0.15, 0.2) is 0 Å². The zero-order valence-electron chi connectivity index (χ0n) is 7.02. The van der Waals surface area contributed by atoms with Crippen LogP contribution in [0.5, 0.6) is 0 Å². The van der Waals surface area contributed by atoms with E-state index in [0.29, 0.717) is 0 Å². The molecule has 0 aliphatic rings. The lowest BCUT2D eigenvalue weighted by molar-refractivity contribution is 0.974. The van der Waals surface area contributed by atoms with Crippen LogP contribution >= 0.6 is 9.39 Å². The zero-order chi connectivity index (χ0) is 8.27. The van der Waals surface area contributed by atoms with Crippen molar-refractivity contribution in [2.45, 2.75) is 20.4 Å². The Morgan fingerprint density at radius 1 is 1.27 bits per heavy atom. The van der Waals surface area contributed by atoms with Crippen molar-refractivity contribution in [1.29, 1.82) is 0 Å². The van der Waals surface area contributed by atoms with Gasteiger partial charge in [0.1, 0.15) is 0 Å². The first-order chi connectivity index (χ1) is 5.24. The molecule has 0 aliphatic carbocycles. The molecule has 0 spiro atoms. The monoisotopic (exact) mass is 167 g/mol. The zero-order valence-corrected chi connectivity index (χ0v) is 8.17. The Kier molecular flexibility index (Phi) is 3.04. The van der Waals surface area contributed by atoms with Crippen LogP contribution < -0.4 is 5.09 Å². The summed E-state index contributed by atoms with van der Waals surface area (Å²) in [5, 5.41) is 3.05. The molecule has 60 valence electrons. The molecule has 1 atom stereocenters. The minimum Gasteiger partial charge on any atom is -0.296 e. The third-order valence-electron chi connectivity index (χ3n) is 1.88. The van der Waals surface area contributed by atoms with Gasteiger partial charge in [0.25, 0.3) is 0 Å². The van der Waals surface area contributed by atoms with E-state index in [0.717, 1.165) is 6.54 Å². The fraction of sp³-hybridized carbons (Fsp3) is 0.333. The van der Waals surface area contributed by atoms with Crippen molar-refractivity contribution in [3.05, 3.63) is 34.9 Å². The molecule has 2 heteroatoms. The molecule has 0 saturated carbocycles. The van der Waals surface area contributed by atoms with Crippen LogP contribution in [0.25, 0.3) is 0 Å². The van der Waals surface area contributed by atoms with Crippen LogP contribution in [-0.4, -0.2) is 0 Å². The number of hydrogen-bond acceptors (Lipinski definition) is 1. The fourth-order valence-electron chi connectivity index (χ4n) is 1.03. The normalized spacial score (nSPS) is 10.1. The SMILES string of the molecule is Cc1ccc(CNP)cc1C. The van der Waals surface area contributed by atoms with Crippen LogP contribution in [0, 0.1) is 13.8 Å². The molecular weight excluding hydrogens is 153 g/mol. The highest BCUT2D eigenvalue weighted by molar-refractivity contribution is 7.13. The molecule has 0 aliphatic heterocycles. The molecule has 1 aromatic carbocycles. The second-order valence-electron chi connectivity index (χ2n) is 2.80. The third-order valence-corrected chi connectivity index (χ3v) is 2.08. The Morgan fingerprint density at radius 3 is 2.55 bits per heavy atom. The van der Waals surface area contributed by atoms with Gasteiger partial charge in [-0.15, -0.1) is 0 Å². The molecule has 0 heterocycles. The second kappa shape index (κ2) is 3.85. The van der Waals surface area contributed by atoms with Crippen molar-refractivity contribution in [2.24, 2.45) is 0 Å². The smallest absolute Gasteiger partial charge is 0.0237 e. The number of hydrogen-bond donors (Lipinski definition) is 1. The van der Waals surface area contributed by atoms with E-state index in [2.05, 4.69) is 46.5 Å². The fourth-order valence-corrected chi connectivity index (χ4v) is 1.27. The third kappa shape index (κ3) is 2.28. The van der Waals surface area contributed by atoms with Crippen molar-refractivity contribution in [1.82, 2.24) is 5.09 Å². The summed E-state index contributed by atoms with van der Waals surface area (Å²) in [6.45, 7) is 5.20. The highest BCUT2D eigenvalue weighted by Crippen LogP contribution is 2.09. The predicted octanol–water partition coefficient (Wildman–Crippen LogP) is 2.18. The van der Waals surface area contributed by atoms with Gasteiger partial charge in [-0.1, -0.05) is 27.6 Å². The average Bonchev–Trinajstić information content (AvgIpc) is 1.98.